The summed E-state index contributed by atoms with van der Waals surface area (Å²) in [5, 5.41) is 6.73. The Bertz CT molecular complexity index is 1280. The lowest BCUT2D eigenvalue weighted by atomic mass is 9.76. The smallest absolute Gasteiger partial charge is 0.342 e. The summed E-state index contributed by atoms with van der Waals surface area (Å²) < 4.78 is 65.9. The molecule has 40 heavy (non-hydrogen) atoms. The minimum absolute atomic E-state index is 0.0471. The molecule has 2 heterocycles. The van der Waals surface area contributed by atoms with Gasteiger partial charge in [-0.2, -0.15) is 13.2 Å². The molecule has 2 aliphatic carbocycles. The molecular formula is C26H27F5N5O4+. The fourth-order valence-electron chi connectivity index (χ4n) is 5.91. The van der Waals surface area contributed by atoms with Crippen LogP contribution in [0.25, 0.3) is 4.85 Å². The predicted octanol–water partition coefficient (Wildman–Crippen LogP) is 2.77. The Morgan fingerprint density at radius 2 is 1.80 bits per heavy atom. The Morgan fingerprint density at radius 3 is 2.40 bits per heavy atom. The molecule has 1 spiro atoms. The van der Waals surface area contributed by atoms with E-state index in [9.17, 15) is 41.1 Å². The van der Waals surface area contributed by atoms with Gasteiger partial charge < -0.3 is 16.0 Å². The lowest BCUT2D eigenvalue weighted by Gasteiger charge is -2.40. The molecule has 1 saturated heterocycles. The van der Waals surface area contributed by atoms with E-state index in [0.717, 1.165) is 12.8 Å². The number of alkyl halides is 5. The molecule has 0 bridgehead atoms. The van der Waals surface area contributed by atoms with Crippen LogP contribution in [0.15, 0.2) is 24.3 Å². The summed E-state index contributed by atoms with van der Waals surface area (Å²) in [4.78, 5) is 56.7. The minimum atomic E-state index is -5.34. The van der Waals surface area contributed by atoms with Crippen LogP contribution in [0.1, 0.15) is 44.1 Å². The van der Waals surface area contributed by atoms with Crippen molar-refractivity contribution in [3.8, 4) is 6.57 Å². The summed E-state index contributed by atoms with van der Waals surface area (Å²) in [6.45, 7) is 5.50. The Balaban J connectivity index is 1.37. The van der Waals surface area contributed by atoms with Crippen molar-refractivity contribution in [1.29, 1.82) is 0 Å². The zero-order chi connectivity index (χ0) is 29.0. The van der Waals surface area contributed by atoms with Crippen LogP contribution in [0.3, 0.4) is 0 Å². The van der Waals surface area contributed by atoms with Gasteiger partial charge in [-0.05, 0) is 29.9 Å². The van der Waals surface area contributed by atoms with Crippen molar-refractivity contribution in [2.24, 2.45) is 11.8 Å². The van der Waals surface area contributed by atoms with Crippen molar-refractivity contribution < 1.29 is 41.1 Å². The van der Waals surface area contributed by atoms with Crippen LogP contribution in [-0.4, -0.2) is 65.4 Å². The molecule has 9 nitrogen and oxygen atoms in total. The summed E-state index contributed by atoms with van der Waals surface area (Å²) in [5.74, 6) is -9.00. The first-order valence-corrected chi connectivity index (χ1v) is 12.9. The number of nitrogens with one attached hydrogen (secondary N) is 3. The number of halogens is 5. The number of likely N-dealkylation sites (tertiary alicyclic amines) is 1. The molecule has 5 rings (SSSR count). The lowest BCUT2D eigenvalue weighted by molar-refractivity contribution is -0.178. The van der Waals surface area contributed by atoms with Gasteiger partial charge in [-0.3, -0.25) is 24.1 Å². The molecule has 4 atom stereocenters. The Labute approximate surface area is 225 Å². The number of hydrogen-bond acceptors (Lipinski definition) is 4. The van der Waals surface area contributed by atoms with Crippen molar-refractivity contribution in [2.75, 3.05) is 11.9 Å². The van der Waals surface area contributed by atoms with Crippen LogP contribution in [0.5, 0.6) is 0 Å². The number of nitrogens with zero attached hydrogens (tertiary/aromatic N) is 2. The van der Waals surface area contributed by atoms with Gasteiger partial charge in [-0.25, -0.2) is 8.78 Å². The van der Waals surface area contributed by atoms with Crippen molar-refractivity contribution >= 4 is 29.3 Å². The SMILES string of the molecule is C#[N+][C@@H]1C[C@@]2(CN1C(=O)[C@H](CC1CC1)NC(=O)[C@@H](NC(=O)C(F)(F)F)C1CC(F)(F)C1)C(=O)Nc1ccccc12. The summed E-state index contributed by atoms with van der Waals surface area (Å²) >= 11 is 0. The molecule has 214 valence electrons. The summed E-state index contributed by atoms with van der Waals surface area (Å²) in [5.41, 5.74) is 0.0998. The van der Waals surface area contributed by atoms with Crippen LogP contribution < -0.4 is 16.0 Å². The van der Waals surface area contributed by atoms with Crippen LogP contribution >= 0.6 is 0 Å². The van der Waals surface area contributed by atoms with Crippen LogP contribution in [0.2, 0.25) is 0 Å². The third-order valence-electron chi connectivity index (χ3n) is 8.21. The van der Waals surface area contributed by atoms with Crippen molar-refractivity contribution in [3.63, 3.8) is 0 Å². The fraction of sp³-hybridized carbons (Fsp3) is 0.577. The topological polar surface area (TPSA) is 112 Å². The van der Waals surface area contributed by atoms with Crippen molar-refractivity contribution in [2.45, 2.75) is 74.3 Å². The summed E-state index contributed by atoms with van der Waals surface area (Å²) in [6.07, 6.45) is -6.33. The molecule has 3 N–H and O–H groups in total. The second-order valence-corrected chi connectivity index (χ2v) is 11.1. The number of anilines is 1. The maximum atomic E-state index is 13.8. The van der Waals surface area contributed by atoms with E-state index in [1.54, 1.807) is 24.3 Å². The molecule has 1 aromatic rings. The first-order chi connectivity index (χ1) is 18.7. The quantitative estimate of drug-likeness (QED) is 0.440. The zero-order valence-corrected chi connectivity index (χ0v) is 21.1. The first kappa shape index (κ1) is 27.8. The maximum Gasteiger partial charge on any atom is 0.471 e. The normalized spacial score (nSPS) is 26.8. The number of fused-ring (bicyclic) bond motifs is 2. The highest BCUT2D eigenvalue weighted by atomic mass is 19.4. The van der Waals surface area contributed by atoms with Crippen LogP contribution in [0, 0.1) is 18.4 Å². The number of hydrogen-bond donors (Lipinski definition) is 3. The van der Waals surface area contributed by atoms with Crippen LogP contribution in [-0.2, 0) is 24.6 Å². The molecule has 2 saturated carbocycles. The second-order valence-electron chi connectivity index (χ2n) is 11.1. The van der Waals surface area contributed by atoms with Crippen molar-refractivity contribution in [3.05, 3.63) is 34.7 Å². The highest BCUT2D eigenvalue weighted by Crippen LogP contribution is 2.47. The molecule has 4 aliphatic rings. The maximum absolute atomic E-state index is 13.8. The van der Waals surface area contributed by atoms with Gasteiger partial charge in [0.1, 0.15) is 17.5 Å². The van der Waals surface area contributed by atoms with Gasteiger partial charge in [0.15, 0.2) is 0 Å². The Morgan fingerprint density at radius 1 is 1.12 bits per heavy atom. The van der Waals surface area contributed by atoms with Gasteiger partial charge in [0.05, 0.1) is 6.42 Å². The van der Waals surface area contributed by atoms with E-state index in [1.807, 2.05) is 0 Å². The molecule has 0 radical (unpaired) electrons. The third kappa shape index (κ3) is 5.09. The number of carbonyl (C=O) groups excluding carboxylic acids is 4. The standard InChI is InChI=1S/C26H26F5N5O4/c1-32-18-11-24(15-4-2-3-5-16(15)34-22(24)39)12-36(18)21(38)17(8-13-6-7-13)33-20(37)19(14-9-25(27,28)10-14)35-23(40)26(29,30)31/h1-5,13-14,17-19H,6-12H2,(H2-,33,34,35,37,39,40)/p+1/t17-,18-,19-,24-/m0/s1. The highest BCUT2D eigenvalue weighted by Gasteiger charge is 2.60. The lowest BCUT2D eigenvalue weighted by Crippen LogP contribution is -2.61. The molecule has 0 aromatic heterocycles. The average Bonchev–Trinajstić information content (AvgIpc) is 3.54. The van der Waals surface area contributed by atoms with Gasteiger partial charge in [-0.15, -0.1) is 0 Å². The average molecular weight is 569 g/mol. The predicted molar refractivity (Wildman–Crippen MR) is 130 cm³/mol. The van der Waals surface area contributed by atoms with E-state index in [2.05, 4.69) is 15.5 Å². The Hall–Kier alpha value is -3.76. The molecule has 0 unspecified atom stereocenters. The van der Waals surface area contributed by atoms with Gasteiger partial charge >= 0.3 is 18.2 Å². The third-order valence-corrected chi connectivity index (χ3v) is 8.21. The number of para-hydroxylation sites is 1. The van der Waals surface area contributed by atoms with Gasteiger partial charge in [0.2, 0.25) is 17.7 Å². The molecule has 2 aliphatic heterocycles. The number of carbonyl (C=O) groups is 4. The summed E-state index contributed by atoms with van der Waals surface area (Å²) in [7, 11) is 0. The van der Waals surface area contributed by atoms with E-state index in [1.165, 1.54) is 10.2 Å². The monoisotopic (exact) mass is 568 g/mol. The van der Waals surface area contributed by atoms with E-state index in [4.69, 9.17) is 6.57 Å². The van der Waals surface area contributed by atoms with Crippen LogP contribution in [0.4, 0.5) is 27.6 Å². The molecule has 1 aromatic carbocycles. The molecular weight excluding hydrogens is 541 g/mol. The van der Waals surface area contributed by atoms with E-state index in [0.29, 0.717) is 11.3 Å². The second kappa shape index (κ2) is 9.71. The van der Waals surface area contributed by atoms with E-state index < -0.39 is 72.2 Å². The van der Waals surface area contributed by atoms with Gasteiger partial charge in [0.25, 0.3) is 12.5 Å². The zero-order valence-electron chi connectivity index (χ0n) is 21.1. The number of rotatable bonds is 7. The van der Waals surface area contributed by atoms with Crippen molar-refractivity contribution in [1.82, 2.24) is 15.5 Å². The number of benzene rings is 1. The first-order valence-electron chi connectivity index (χ1n) is 12.9. The van der Waals surface area contributed by atoms with Gasteiger partial charge in [0, 0.05) is 25.1 Å². The van der Waals surface area contributed by atoms with E-state index in [-0.39, 0.29) is 31.2 Å². The molecule has 14 heteroatoms. The number of amides is 4. The highest BCUT2D eigenvalue weighted by molar-refractivity contribution is 6.07. The van der Waals surface area contributed by atoms with Gasteiger partial charge in [-0.1, -0.05) is 35.9 Å². The largest absolute Gasteiger partial charge is 0.471 e. The summed E-state index contributed by atoms with van der Waals surface area (Å²) in [6, 6.07) is 3.78. The molecule has 3 fully saturated rings. The van der Waals surface area contributed by atoms with E-state index >= 15 is 0 Å². The molecule has 4 amide bonds. The fourth-order valence-corrected chi connectivity index (χ4v) is 5.91. The minimum Gasteiger partial charge on any atom is -0.342 e. The Kier molecular flexibility index (Phi) is 6.74.